The first-order valence-electron chi connectivity index (χ1n) is 6.49. The first kappa shape index (κ1) is 13.1. The number of aromatic nitrogens is 1. The lowest BCUT2D eigenvalue weighted by Gasteiger charge is -2.23. The van der Waals surface area contributed by atoms with E-state index in [9.17, 15) is 19.8 Å². The SMILES string of the molecule is COC1=CC(=O)c2c(c(CO)c3n2CCCC3O)C1=O. The number of fused-ring (bicyclic) bond motifs is 3. The van der Waals surface area contributed by atoms with E-state index < -0.39 is 18.5 Å². The van der Waals surface area contributed by atoms with Gasteiger partial charge in [-0.15, -0.1) is 0 Å². The zero-order valence-corrected chi connectivity index (χ0v) is 11.0. The number of carbonyl (C=O) groups is 2. The number of methoxy groups -OCH3 is 1. The highest BCUT2D eigenvalue weighted by Crippen LogP contribution is 2.37. The Balaban J connectivity index is 2.30. The normalized spacial score (nSPS) is 21.4. The summed E-state index contributed by atoms with van der Waals surface area (Å²) in [6.07, 6.45) is 1.69. The van der Waals surface area contributed by atoms with Gasteiger partial charge in [0.2, 0.25) is 11.6 Å². The number of allylic oxidation sites excluding steroid dienone is 2. The molecule has 1 aliphatic carbocycles. The molecule has 2 N–H and O–H groups in total. The van der Waals surface area contributed by atoms with Gasteiger partial charge in [0.05, 0.1) is 31.1 Å². The van der Waals surface area contributed by atoms with Crippen LogP contribution in [0.4, 0.5) is 0 Å². The van der Waals surface area contributed by atoms with Gasteiger partial charge in [-0.1, -0.05) is 0 Å². The standard InChI is InChI=1S/C14H15NO5/c1-20-10-5-9(18)13-11(14(10)19)7(6-16)12-8(17)3-2-4-15(12)13/h5,8,16-17H,2-4,6H2,1H3. The summed E-state index contributed by atoms with van der Waals surface area (Å²) in [4.78, 5) is 24.6. The van der Waals surface area contributed by atoms with Gasteiger partial charge in [-0.05, 0) is 12.8 Å². The fourth-order valence-corrected chi connectivity index (χ4v) is 3.07. The molecule has 1 unspecified atom stereocenters. The van der Waals surface area contributed by atoms with Gasteiger partial charge in [0.25, 0.3) is 0 Å². The summed E-state index contributed by atoms with van der Waals surface area (Å²) >= 11 is 0. The number of ketones is 2. The van der Waals surface area contributed by atoms with E-state index in [0.29, 0.717) is 24.2 Å². The van der Waals surface area contributed by atoms with Crippen molar-refractivity contribution >= 4 is 11.6 Å². The first-order valence-corrected chi connectivity index (χ1v) is 6.49. The van der Waals surface area contributed by atoms with Crippen molar-refractivity contribution in [3.8, 4) is 0 Å². The first-order chi connectivity index (χ1) is 9.60. The Kier molecular flexibility index (Phi) is 2.99. The van der Waals surface area contributed by atoms with Crippen LogP contribution in [0, 0.1) is 0 Å². The van der Waals surface area contributed by atoms with Gasteiger partial charge in [-0.2, -0.15) is 0 Å². The Morgan fingerprint density at radius 3 is 2.85 bits per heavy atom. The van der Waals surface area contributed by atoms with E-state index in [0.717, 1.165) is 6.42 Å². The van der Waals surface area contributed by atoms with Crippen LogP contribution in [0.1, 0.15) is 51.0 Å². The van der Waals surface area contributed by atoms with Crippen molar-refractivity contribution in [2.75, 3.05) is 7.11 Å². The zero-order valence-electron chi connectivity index (χ0n) is 11.0. The van der Waals surface area contributed by atoms with Crippen molar-refractivity contribution in [1.29, 1.82) is 0 Å². The van der Waals surface area contributed by atoms with Gasteiger partial charge < -0.3 is 19.5 Å². The van der Waals surface area contributed by atoms with E-state index in [1.807, 2.05) is 0 Å². The Morgan fingerprint density at radius 2 is 2.20 bits per heavy atom. The molecule has 3 rings (SSSR count). The van der Waals surface area contributed by atoms with Crippen molar-refractivity contribution in [3.63, 3.8) is 0 Å². The molecular weight excluding hydrogens is 262 g/mol. The molecule has 0 saturated heterocycles. The minimum absolute atomic E-state index is 0.0327. The minimum Gasteiger partial charge on any atom is -0.492 e. The number of aliphatic hydroxyl groups is 2. The van der Waals surface area contributed by atoms with Gasteiger partial charge >= 0.3 is 0 Å². The maximum atomic E-state index is 12.3. The molecule has 1 aliphatic heterocycles. The molecule has 0 fully saturated rings. The van der Waals surface area contributed by atoms with E-state index in [1.54, 1.807) is 4.57 Å². The van der Waals surface area contributed by atoms with Crippen LogP contribution >= 0.6 is 0 Å². The van der Waals surface area contributed by atoms with Crippen molar-refractivity contribution in [1.82, 2.24) is 4.57 Å². The average molecular weight is 277 g/mol. The fraction of sp³-hybridized carbons (Fsp3) is 0.429. The molecule has 106 valence electrons. The second-order valence-corrected chi connectivity index (χ2v) is 4.96. The van der Waals surface area contributed by atoms with Crippen LogP contribution in [-0.4, -0.2) is 33.5 Å². The Bertz CT molecular complexity index is 640. The average Bonchev–Trinajstić information content (AvgIpc) is 2.79. The summed E-state index contributed by atoms with van der Waals surface area (Å²) < 4.78 is 6.59. The highest BCUT2D eigenvalue weighted by atomic mass is 16.5. The summed E-state index contributed by atoms with van der Waals surface area (Å²) in [6, 6.07) is 0. The molecule has 2 aliphatic rings. The second kappa shape index (κ2) is 4.57. The Morgan fingerprint density at radius 1 is 1.45 bits per heavy atom. The van der Waals surface area contributed by atoms with Crippen molar-refractivity contribution in [3.05, 3.63) is 34.3 Å². The van der Waals surface area contributed by atoms with Crippen LogP contribution in [0.3, 0.4) is 0 Å². The van der Waals surface area contributed by atoms with Gasteiger partial charge in [0.1, 0.15) is 5.69 Å². The van der Waals surface area contributed by atoms with Gasteiger partial charge in [0.15, 0.2) is 5.76 Å². The van der Waals surface area contributed by atoms with Crippen LogP contribution in [0.15, 0.2) is 11.8 Å². The number of hydrogen-bond donors (Lipinski definition) is 2. The molecule has 0 amide bonds. The number of nitrogens with zero attached hydrogens (tertiary/aromatic N) is 1. The molecule has 0 saturated carbocycles. The monoisotopic (exact) mass is 277 g/mol. The highest BCUT2D eigenvalue weighted by molar-refractivity contribution is 6.24. The van der Waals surface area contributed by atoms with Crippen LogP contribution in [0.2, 0.25) is 0 Å². The molecule has 0 spiro atoms. The highest BCUT2D eigenvalue weighted by Gasteiger charge is 2.38. The molecule has 6 heteroatoms. The lowest BCUT2D eigenvalue weighted by molar-refractivity contribution is 0.0910. The topological polar surface area (TPSA) is 88.8 Å². The Hall–Kier alpha value is -1.92. The van der Waals surface area contributed by atoms with Crippen LogP contribution in [0.25, 0.3) is 0 Å². The van der Waals surface area contributed by atoms with E-state index >= 15 is 0 Å². The third-order valence-corrected chi connectivity index (χ3v) is 3.91. The third kappa shape index (κ3) is 1.58. The number of rotatable bonds is 2. The third-order valence-electron chi connectivity index (χ3n) is 3.91. The predicted octanol–water partition coefficient (Wildman–Crippen LogP) is 0.717. The van der Waals surface area contributed by atoms with Gasteiger partial charge in [-0.25, -0.2) is 0 Å². The molecule has 2 heterocycles. The molecule has 1 aromatic rings. The fourth-order valence-electron chi connectivity index (χ4n) is 3.07. The number of ether oxygens (including phenoxy) is 1. The van der Waals surface area contributed by atoms with Crippen LogP contribution < -0.4 is 0 Å². The molecule has 20 heavy (non-hydrogen) atoms. The molecule has 1 atom stereocenters. The van der Waals surface area contributed by atoms with Crippen LogP contribution in [-0.2, 0) is 17.9 Å². The molecule has 6 nitrogen and oxygen atoms in total. The number of aliphatic hydroxyl groups excluding tert-OH is 2. The van der Waals surface area contributed by atoms with Gasteiger partial charge in [0, 0.05) is 18.2 Å². The summed E-state index contributed by atoms with van der Waals surface area (Å²) in [7, 11) is 1.32. The van der Waals surface area contributed by atoms with Gasteiger partial charge in [-0.3, -0.25) is 9.59 Å². The maximum absolute atomic E-state index is 12.3. The summed E-state index contributed by atoms with van der Waals surface area (Å²) in [6.45, 7) is 0.168. The zero-order chi connectivity index (χ0) is 14.4. The maximum Gasteiger partial charge on any atom is 0.230 e. The second-order valence-electron chi connectivity index (χ2n) is 4.96. The minimum atomic E-state index is -0.761. The van der Waals surface area contributed by atoms with E-state index in [-0.39, 0.29) is 22.8 Å². The lowest BCUT2D eigenvalue weighted by atomic mass is 9.95. The molecule has 0 aromatic carbocycles. The van der Waals surface area contributed by atoms with E-state index in [2.05, 4.69) is 0 Å². The van der Waals surface area contributed by atoms with E-state index in [1.165, 1.54) is 13.2 Å². The Labute approximate surface area is 115 Å². The largest absolute Gasteiger partial charge is 0.492 e. The van der Waals surface area contributed by atoms with Crippen molar-refractivity contribution < 1.29 is 24.5 Å². The lowest BCUT2D eigenvalue weighted by Crippen LogP contribution is -2.22. The van der Waals surface area contributed by atoms with Crippen molar-refractivity contribution in [2.24, 2.45) is 0 Å². The number of hydrogen-bond acceptors (Lipinski definition) is 5. The summed E-state index contributed by atoms with van der Waals surface area (Å²) in [5.41, 5.74) is 1.26. The smallest absolute Gasteiger partial charge is 0.230 e. The summed E-state index contributed by atoms with van der Waals surface area (Å²) in [5.74, 6) is -0.776. The molecule has 0 radical (unpaired) electrons. The van der Waals surface area contributed by atoms with Crippen LogP contribution in [0.5, 0.6) is 0 Å². The molecular formula is C14H15NO5. The quantitative estimate of drug-likeness (QED) is 0.831. The molecule has 0 bridgehead atoms. The number of Topliss-reactive ketones (excluding diaryl/α,β-unsaturated/α-hetero) is 1. The predicted molar refractivity (Wildman–Crippen MR) is 68.3 cm³/mol. The summed E-state index contributed by atoms with van der Waals surface area (Å²) in [5, 5.41) is 19.7. The number of carbonyl (C=O) groups excluding carboxylic acids is 2. The van der Waals surface area contributed by atoms with E-state index in [4.69, 9.17) is 4.74 Å². The van der Waals surface area contributed by atoms with Crippen molar-refractivity contribution in [2.45, 2.75) is 32.1 Å². The molecule has 1 aromatic heterocycles.